The molecule has 2 heterocycles. The van der Waals surface area contributed by atoms with Crippen molar-refractivity contribution in [3.63, 3.8) is 0 Å². The maximum Gasteiger partial charge on any atom is 0.352 e. The smallest absolute Gasteiger partial charge is 0.352 e. The highest BCUT2D eigenvalue weighted by Crippen LogP contribution is 2.31. The number of aryl methyl sites for hydroxylation is 3. The Morgan fingerprint density at radius 2 is 1.79 bits per heavy atom. The minimum atomic E-state index is -0.910. The van der Waals surface area contributed by atoms with Crippen molar-refractivity contribution in [3.8, 4) is 5.75 Å². The van der Waals surface area contributed by atoms with Gasteiger partial charge in [-0.15, -0.1) is 0 Å². The van der Waals surface area contributed by atoms with Crippen LogP contribution < -0.4 is 10.1 Å². The number of carboxylic acid groups (broad SMARTS) is 1. The first-order valence-corrected chi connectivity index (χ1v) is 12.5. The number of nitrogens with zero attached hydrogens (tertiary/aromatic N) is 2. The zero-order chi connectivity index (χ0) is 24.2. The van der Waals surface area contributed by atoms with Crippen LogP contribution in [0.3, 0.4) is 0 Å². The Labute approximate surface area is 210 Å². The van der Waals surface area contributed by atoms with Crippen molar-refractivity contribution in [1.29, 1.82) is 0 Å². The lowest BCUT2D eigenvalue weighted by molar-refractivity contribution is 0.0683. The fraction of sp³-hybridized carbons (Fsp3) is 0.423. The van der Waals surface area contributed by atoms with E-state index >= 15 is 0 Å². The number of aromatic nitrogens is 1. The fourth-order valence-electron chi connectivity index (χ4n) is 4.73. The molecule has 2 aromatic carbocycles. The Morgan fingerprint density at radius 3 is 2.47 bits per heavy atom. The van der Waals surface area contributed by atoms with Gasteiger partial charge in [-0.1, -0.05) is 29.3 Å². The molecule has 0 saturated carbocycles. The van der Waals surface area contributed by atoms with Gasteiger partial charge >= 0.3 is 5.97 Å². The third kappa shape index (κ3) is 5.52. The number of ether oxygens (including phenoxy) is 1. The van der Waals surface area contributed by atoms with E-state index in [2.05, 4.69) is 10.2 Å². The van der Waals surface area contributed by atoms with Gasteiger partial charge < -0.3 is 19.7 Å². The number of rotatable bonds is 9. The van der Waals surface area contributed by atoms with Crippen molar-refractivity contribution in [3.05, 3.63) is 62.8 Å². The molecule has 0 unspecified atom stereocenters. The van der Waals surface area contributed by atoms with E-state index in [1.807, 2.05) is 48.7 Å². The number of hydrogen-bond acceptors (Lipinski definition) is 4. The SMILES string of the molecule is Cc1cc(OCCCc2c(C(=O)O)n(CCN3CCNCC3)c3cc(Cl)ccc23)cc(C)c1Cl. The van der Waals surface area contributed by atoms with Crippen LogP contribution in [-0.2, 0) is 13.0 Å². The maximum absolute atomic E-state index is 12.4. The number of halogens is 2. The van der Waals surface area contributed by atoms with Gasteiger partial charge in [0.1, 0.15) is 11.4 Å². The molecular formula is C26H31Cl2N3O3. The molecule has 0 radical (unpaired) electrons. The van der Waals surface area contributed by atoms with Crippen LogP contribution in [0.25, 0.3) is 10.9 Å². The molecule has 1 aliphatic rings. The molecule has 0 amide bonds. The summed E-state index contributed by atoms with van der Waals surface area (Å²) in [6, 6.07) is 9.51. The first-order valence-electron chi connectivity index (χ1n) is 11.7. The van der Waals surface area contributed by atoms with E-state index in [-0.39, 0.29) is 0 Å². The highest BCUT2D eigenvalue weighted by molar-refractivity contribution is 6.32. The van der Waals surface area contributed by atoms with E-state index in [9.17, 15) is 9.90 Å². The molecule has 0 bridgehead atoms. The predicted octanol–water partition coefficient (Wildman–Crippen LogP) is 5.18. The summed E-state index contributed by atoms with van der Waals surface area (Å²) in [7, 11) is 0. The molecule has 8 heteroatoms. The molecule has 34 heavy (non-hydrogen) atoms. The summed E-state index contributed by atoms with van der Waals surface area (Å²) in [6.07, 6.45) is 1.30. The van der Waals surface area contributed by atoms with E-state index in [1.54, 1.807) is 0 Å². The molecule has 0 atom stereocenters. The molecule has 1 aliphatic heterocycles. The molecule has 1 fully saturated rings. The summed E-state index contributed by atoms with van der Waals surface area (Å²) < 4.78 is 7.89. The van der Waals surface area contributed by atoms with E-state index in [1.165, 1.54) is 0 Å². The normalized spacial score (nSPS) is 14.6. The summed E-state index contributed by atoms with van der Waals surface area (Å²) >= 11 is 12.6. The number of nitrogens with one attached hydrogen (secondary N) is 1. The lowest BCUT2D eigenvalue weighted by Crippen LogP contribution is -2.44. The van der Waals surface area contributed by atoms with Crippen LogP contribution in [-0.4, -0.2) is 59.9 Å². The van der Waals surface area contributed by atoms with Crippen molar-refractivity contribution in [2.45, 2.75) is 33.2 Å². The van der Waals surface area contributed by atoms with Crippen LogP contribution in [0.15, 0.2) is 30.3 Å². The highest BCUT2D eigenvalue weighted by Gasteiger charge is 2.23. The van der Waals surface area contributed by atoms with Crippen LogP contribution in [0.5, 0.6) is 5.75 Å². The number of benzene rings is 2. The van der Waals surface area contributed by atoms with Gasteiger partial charge in [-0.25, -0.2) is 4.79 Å². The second-order valence-corrected chi connectivity index (χ2v) is 9.67. The van der Waals surface area contributed by atoms with Crippen LogP contribution >= 0.6 is 23.2 Å². The van der Waals surface area contributed by atoms with Crippen LogP contribution in [0.4, 0.5) is 0 Å². The molecule has 1 aromatic heterocycles. The van der Waals surface area contributed by atoms with Crippen molar-refractivity contribution in [2.75, 3.05) is 39.3 Å². The molecule has 0 spiro atoms. The Morgan fingerprint density at radius 1 is 1.09 bits per heavy atom. The number of piperazine rings is 1. The number of aromatic carboxylic acids is 1. The number of fused-ring (bicyclic) bond motifs is 1. The third-order valence-corrected chi connectivity index (χ3v) is 7.26. The van der Waals surface area contributed by atoms with Gasteiger partial charge in [0.2, 0.25) is 0 Å². The fourth-order valence-corrected chi connectivity index (χ4v) is 5.00. The Kier molecular flexibility index (Phi) is 8.04. The van der Waals surface area contributed by atoms with Crippen molar-refractivity contribution < 1.29 is 14.6 Å². The second kappa shape index (κ2) is 11.0. The summed E-state index contributed by atoms with van der Waals surface area (Å²) in [6.45, 7) is 9.68. The topological polar surface area (TPSA) is 66.7 Å². The zero-order valence-electron chi connectivity index (χ0n) is 19.7. The third-order valence-electron chi connectivity index (χ3n) is 6.43. The summed E-state index contributed by atoms with van der Waals surface area (Å²) in [5, 5.41) is 15.8. The van der Waals surface area contributed by atoms with Crippen molar-refractivity contribution in [1.82, 2.24) is 14.8 Å². The van der Waals surface area contributed by atoms with Crippen molar-refractivity contribution in [2.24, 2.45) is 0 Å². The zero-order valence-corrected chi connectivity index (χ0v) is 21.2. The Bertz CT molecular complexity index is 1160. The number of carboxylic acids is 1. The van der Waals surface area contributed by atoms with Gasteiger partial charge in [0.05, 0.1) is 12.1 Å². The average molecular weight is 504 g/mol. The molecular weight excluding hydrogens is 473 g/mol. The van der Waals surface area contributed by atoms with Crippen LogP contribution in [0, 0.1) is 13.8 Å². The summed E-state index contributed by atoms with van der Waals surface area (Å²) in [5.74, 6) is -0.129. The average Bonchev–Trinajstić information content (AvgIpc) is 3.12. The maximum atomic E-state index is 12.4. The van der Waals surface area contributed by atoms with E-state index in [0.29, 0.717) is 36.7 Å². The molecule has 3 aromatic rings. The van der Waals surface area contributed by atoms with Gasteiger partial charge in [0.25, 0.3) is 0 Å². The van der Waals surface area contributed by atoms with E-state index in [4.69, 9.17) is 27.9 Å². The summed E-state index contributed by atoms with van der Waals surface area (Å²) in [5.41, 5.74) is 4.03. The lowest BCUT2D eigenvalue weighted by Gasteiger charge is -2.27. The van der Waals surface area contributed by atoms with Crippen molar-refractivity contribution >= 4 is 40.1 Å². The molecule has 6 nitrogen and oxygen atoms in total. The standard InChI is InChI=1S/C26H31Cl2N3O3/c1-17-14-20(15-18(2)24(17)28)34-13-3-4-22-21-6-5-19(27)16-23(21)31(25(22)26(32)33)12-11-30-9-7-29-8-10-30/h5-6,14-16,29H,3-4,7-13H2,1-2H3,(H,32,33). The Balaban J connectivity index is 1.54. The lowest BCUT2D eigenvalue weighted by atomic mass is 10.1. The second-order valence-electron chi connectivity index (χ2n) is 8.86. The molecule has 2 N–H and O–H groups in total. The van der Waals surface area contributed by atoms with Gasteiger partial charge in [-0.05, 0) is 67.6 Å². The predicted molar refractivity (Wildman–Crippen MR) is 138 cm³/mol. The summed E-state index contributed by atoms with van der Waals surface area (Å²) in [4.78, 5) is 14.8. The Hall–Kier alpha value is -2.25. The van der Waals surface area contributed by atoms with Gasteiger partial charge in [0, 0.05) is 54.7 Å². The minimum absolute atomic E-state index is 0.352. The van der Waals surface area contributed by atoms with Gasteiger partial charge in [-0.3, -0.25) is 4.90 Å². The number of carbonyl (C=O) groups is 1. The van der Waals surface area contributed by atoms with Gasteiger partial charge in [0.15, 0.2) is 0 Å². The number of hydrogen-bond donors (Lipinski definition) is 2. The first kappa shape index (κ1) is 24.9. The highest BCUT2D eigenvalue weighted by atomic mass is 35.5. The molecule has 182 valence electrons. The van der Waals surface area contributed by atoms with E-state index < -0.39 is 5.97 Å². The van der Waals surface area contributed by atoms with Crippen LogP contribution in [0.1, 0.15) is 33.6 Å². The minimum Gasteiger partial charge on any atom is -0.494 e. The molecule has 0 aliphatic carbocycles. The van der Waals surface area contributed by atoms with Crippen LogP contribution in [0.2, 0.25) is 10.0 Å². The monoisotopic (exact) mass is 503 g/mol. The van der Waals surface area contributed by atoms with Gasteiger partial charge in [-0.2, -0.15) is 0 Å². The molecule has 1 saturated heterocycles. The molecule has 4 rings (SSSR count). The largest absolute Gasteiger partial charge is 0.494 e. The quantitative estimate of drug-likeness (QED) is 0.393. The first-order chi connectivity index (χ1) is 16.3. The van der Waals surface area contributed by atoms with E-state index in [0.717, 1.165) is 71.1 Å².